The number of hydrazine groups is 1. The van der Waals surface area contributed by atoms with Gasteiger partial charge in [0.15, 0.2) is 0 Å². The minimum Gasteiger partial charge on any atom is -0.491 e. The van der Waals surface area contributed by atoms with Gasteiger partial charge in [-0.05, 0) is 31.4 Å². The van der Waals surface area contributed by atoms with Crippen LogP contribution in [-0.4, -0.2) is 36.5 Å². The third-order valence-corrected chi connectivity index (χ3v) is 3.81. The summed E-state index contributed by atoms with van der Waals surface area (Å²) in [5.41, 5.74) is 2.61. The third-order valence-electron chi connectivity index (χ3n) is 3.81. The Morgan fingerprint density at radius 1 is 1.45 bits per heavy atom. The number of hydrogen-bond acceptors (Lipinski definition) is 4. The fourth-order valence-electron chi connectivity index (χ4n) is 2.83. The third kappa shape index (κ3) is 3.49. The molecule has 3 N–H and O–H groups in total. The predicted molar refractivity (Wildman–Crippen MR) is 78.4 cm³/mol. The molecule has 20 heavy (non-hydrogen) atoms. The Labute approximate surface area is 120 Å². The molecular formula is C15H23N3O2. The van der Waals surface area contributed by atoms with Crippen molar-refractivity contribution in [3.63, 3.8) is 0 Å². The number of nitrogen functional groups attached to an aromatic ring is 1. The Morgan fingerprint density at radius 2 is 2.20 bits per heavy atom. The molecule has 2 unspecified atom stereocenters. The van der Waals surface area contributed by atoms with Crippen molar-refractivity contribution >= 4 is 5.91 Å². The minimum atomic E-state index is -0.330. The van der Waals surface area contributed by atoms with Crippen molar-refractivity contribution in [1.82, 2.24) is 10.3 Å². The molecule has 2 atom stereocenters. The Morgan fingerprint density at radius 3 is 2.85 bits per heavy atom. The molecule has 0 saturated carbocycles. The zero-order valence-electron chi connectivity index (χ0n) is 12.1. The average Bonchev–Trinajstić information content (AvgIpc) is 2.77. The number of benzene rings is 1. The summed E-state index contributed by atoms with van der Waals surface area (Å²) in [5, 5.41) is 0. The summed E-state index contributed by atoms with van der Waals surface area (Å²) >= 11 is 0. The number of nitrogens with zero attached hydrogens (tertiary/aromatic N) is 1. The van der Waals surface area contributed by atoms with Crippen LogP contribution < -0.4 is 16.0 Å². The lowest BCUT2D eigenvalue weighted by Crippen LogP contribution is -2.32. The summed E-state index contributed by atoms with van der Waals surface area (Å²) in [6.45, 7) is 7.10. The summed E-state index contributed by atoms with van der Waals surface area (Å²) in [4.78, 5) is 14.0. The minimum absolute atomic E-state index is 0.330. The quantitative estimate of drug-likeness (QED) is 0.485. The Hall–Kier alpha value is -1.59. The van der Waals surface area contributed by atoms with E-state index in [1.54, 1.807) is 18.2 Å². The molecule has 2 rings (SSSR count). The van der Waals surface area contributed by atoms with Gasteiger partial charge in [0.25, 0.3) is 5.91 Å². The maximum absolute atomic E-state index is 11.6. The van der Waals surface area contributed by atoms with Crippen molar-refractivity contribution in [2.24, 2.45) is 11.8 Å². The van der Waals surface area contributed by atoms with Gasteiger partial charge in [0, 0.05) is 19.1 Å². The highest BCUT2D eigenvalue weighted by molar-refractivity contribution is 5.96. The average molecular weight is 277 g/mol. The van der Waals surface area contributed by atoms with Crippen molar-refractivity contribution in [2.75, 3.05) is 19.7 Å². The number of ether oxygens (including phenoxy) is 1. The number of hydrogen-bond donors (Lipinski definition) is 2. The van der Waals surface area contributed by atoms with E-state index in [9.17, 15) is 4.79 Å². The highest BCUT2D eigenvalue weighted by Gasteiger charge is 2.25. The van der Waals surface area contributed by atoms with Crippen LogP contribution in [0.2, 0.25) is 0 Å². The van der Waals surface area contributed by atoms with Gasteiger partial charge in [0.1, 0.15) is 12.4 Å². The molecule has 0 spiro atoms. The summed E-state index contributed by atoms with van der Waals surface area (Å²) in [7, 11) is 0. The topological polar surface area (TPSA) is 67.6 Å². The highest BCUT2D eigenvalue weighted by atomic mass is 16.5. The molecule has 1 saturated heterocycles. The first-order chi connectivity index (χ1) is 9.61. The molecule has 0 aromatic heterocycles. The number of rotatable bonds is 5. The second-order valence-corrected chi connectivity index (χ2v) is 5.50. The van der Waals surface area contributed by atoms with E-state index in [0.717, 1.165) is 19.0 Å². The zero-order valence-corrected chi connectivity index (χ0v) is 12.1. The maximum Gasteiger partial charge on any atom is 0.268 e. The smallest absolute Gasteiger partial charge is 0.268 e. The van der Waals surface area contributed by atoms with Crippen LogP contribution in [0, 0.1) is 5.92 Å². The molecule has 110 valence electrons. The number of carbonyl (C=O) groups is 1. The summed E-state index contributed by atoms with van der Waals surface area (Å²) in [6, 6.07) is 7.75. The number of nitrogens with two attached hydrogens (primary N) is 1. The molecule has 0 aliphatic carbocycles. The predicted octanol–water partition coefficient (Wildman–Crippen LogP) is 1.40. The number of amides is 1. The second kappa shape index (κ2) is 6.72. The van der Waals surface area contributed by atoms with Gasteiger partial charge >= 0.3 is 0 Å². The fourth-order valence-corrected chi connectivity index (χ4v) is 2.83. The van der Waals surface area contributed by atoms with E-state index in [0.29, 0.717) is 24.0 Å². The molecule has 1 aromatic carbocycles. The highest BCUT2D eigenvalue weighted by Crippen LogP contribution is 2.22. The first-order valence-electron chi connectivity index (χ1n) is 7.08. The zero-order chi connectivity index (χ0) is 14.5. The van der Waals surface area contributed by atoms with Crippen molar-refractivity contribution in [3.8, 4) is 5.75 Å². The van der Waals surface area contributed by atoms with Crippen molar-refractivity contribution in [3.05, 3.63) is 29.8 Å². The summed E-state index contributed by atoms with van der Waals surface area (Å²) in [6.07, 6.45) is 1.24. The first kappa shape index (κ1) is 14.8. The van der Waals surface area contributed by atoms with Gasteiger partial charge in [-0.15, -0.1) is 0 Å². The lowest BCUT2D eigenvalue weighted by molar-refractivity contribution is 0.0948. The van der Waals surface area contributed by atoms with Crippen LogP contribution in [0.25, 0.3) is 0 Å². The van der Waals surface area contributed by atoms with Gasteiger partial charge in [-0.3, -0.25) is 15.1 Å². The molecular weight excluding hydrogens is 254 g/mol. The second-order valence-electron chi connectivity index (χ2n) is 5.50. The van der Waals surface area contributed by atoms with Crippen LogP contribution in [0.4, 0.5) is 0 Å². The van der Waals surface area contributed by atoms with E-state index < -0.39 is 0 Å². The van der Waals surface area contributed by atoms with Crippen LogP contribution in [-0.2, 0) is 0 Å². The van der Waals surface area contributed by atoms with E-state index in [4.69, 9.17) is 10.6 Å². The number of carbonyl (C=O) groups excluding carboxylic acids is 1. The number of para-hydroxylation sites is 1. The van der Waals surface area contributed by atoms with Gasteiger partial charge in [0.05, 0.1) is 5.56 Å². The van der Waals surface area contributed by atoms with Gasteiger partial charge in [-0.1, -0.05) is 19.1 Å². The Bertz CT molecular complexity index is 464. The van der Waals surface area contributed by atoms with Gasteiger partial charge < -0.3 is 4.74 Å². The van der Waals surface area contributed by atoms with Gasteiger partial charge in [-0.2, -0.15) is 0 Å². The molecule has 1 aliphatic rings. The van der Waals surface area contributed by atoms with E-state index in [1.807, 2.05) is 6.07 Å². The van der Waals surface area contributed by atoms with Crippen LogP contribution in [0.5, 0.6) is 5.75 Å². The van der Waals surface area contributed by atoms with Crippen molar-refractivity contribution in [2.45, 2.75) is 26.3 Å². The Kier molecular flexibility index (Phi) is 4.98. The molecule has 1 aromatic rings. The molecule has 1 amide bonds. The molecule has 1 aliphatic heterocycles. The van der Waals surface area contributed by atoms with Crippen LogP contribution in [0.1, 0.15) is 30.6 Å². The van der Waals surface area contributed by atoms with Crippen LogP contribution >= 0.6 is 0 Å². The molecule has 1 heterocycles. The monoisotopic (exact) mass is 277 g/mol. The SMILES string of the molecule is CC1CC(C)N(CCOc2ccccc2C(=O)NN)C1. The van der Waals surface area contributed by atoms with E-state index in [2.05, 4.69) is 24.2 Å². The Balaban J connectivity index is 1.90. The van der Waals surface area contributed by atoms with E-state index >= 15 is 0 Å². The molecule has 1 fully saturated rings. The van der Waals surface area contributed by atoms with Crippen LogP contribution in [0.3, 0.4) is 0 Å². The fraction of sp³-hybridized carbons (Fsp3) is 0.533. The molecule has 0 bridgehead atoms. The lowest BCUT2D eigenvalue weighted by atomic mass is 10.1. The molecule has 5 nitrogen and oxygen atoms in total. The standard InChI is InChI=1S/C15H23N3O2/c1-11-9-12(2)18(10-11)7-8-20-14-6-4-3-5-13(14)15(19)17-16/h3-6,11-12H,7-10,16H2,1-2H3,(H,17,19). The maximum atomic E-state index is 11.6. The molecule has 5 heteroatoms. The lowest BCUT2D eigenvalue weighted by Gasteiger charge is -2.21. The van der Waals surface area contributed by atoms with Crippen molar-refractivity contribution in [1.29, 1.82) is 0 Å². The molecule has 0 radical (unpaired) electrons. The number of nitrogens with one attached hydrogen (secondary N) is 1. The van der Waals surface area contributed by atoms with Gasteiger partial charge in [-0.25, -0.2) is 5.84 Å². The number of likely N-dealkylation sites (tertiary alicyclic amines) is 1. The van der Waals surface area contributed by atoms with E-state index in [1.165, 1.54) is 6.42 Å². The largest absolute Gasteiger partial charge is 0.491 e. The summed E-state index contributed by atoms with van der Waals surface area (Å²) < 4.78 is 5.75. The first-order valence-corrected chi connectivity index (χ1v) is 7.08. The van der Waals surface area contributed by atoms with Crippen molar-refractivity contribution < 1.29 is 9.53 Å². The normalized spacial score (nSPS) is 22.8. The van der Waals surface area contributed by atoms with E-state index in [-0.39, 0.29) is 5.91 Å². The summed E-state index contributed by atoms with van der Waals surface area (Å²) in [5.74, 6) is 6.17. The van der Waals surface area contributed by atoms with Gasteiger partial charge in [0.2, 0.25) is 0 Å². The van der Waals surface area contributed by atoms with Crippen LogP contribution in [0.15, 0.2) is 24.3 Å².